The van der Waals surface area contributed by atoms with Crippen molar-refractivity contribution in [2.24, 2.45) is 5.92 Å². The van der Waals surface area contributed by atoms with Gasteiger partial charge in [0.05, 0.1) is 6.42 Å². The standard InChI is InChI=1S/C17H20ClN3O2/c1-11-20-21-17(23-11)9-12-6-7-14(8-12)19-16(22)10-13-4-2-3-5-15(13)18/h2-5,12,14H,6-10H2,1H3,(H,19,22)/t12-,14+/m1/s1. The Balaban J connectivity index is 1.48. The number of carbonyl (C=O) groups is 1. The molecule has 0 aliphatic heterocycles. The average molecular weight is 334 g/mol. The highest BCUT2D eigenvalue weighted by Gasteiger charge is 2.27. The van der Waals surface area contributed by atoms with Crippen molar-refractivity contribution in [3.63, 3.8) is 0 Å². The van der Waals surface area contributed by atoms with E-state index in [4.69, 9.17) is 16.0 Å². The fourth-order valence-electron chi connectivity index (χ4n) is 3.15. The Morgan fingerprint density at radius 3 is 2.91 bits per heavy atom. The predicted molar refractivity (Wildman–Crippen MR) is 87.2 cm³/mol. The van der Waals surface area contributed by atoms with E-state index >= 15 is 0 Å². The fourth-order valence-corrected chi connectivity index (χ4v) is 3.35. The Bertz CT molecular complexity index is 686. The minimum atomic E-state index is 0.0254. The number of aryl methyl sites for hydroxylation is 1. The van der Waals surface area contributed by atoms with Gasteiger partial charge in [-0.05, 0) is 36.8 Å². The summed E-state index contributed by atoms with van der Waals surface area (Å²) in [4.78, 5) is 12.2. The first-order valence-corrected chi connectivity index (χ1v) is 8.29. The smallest absolute Gasteiger partial charge is 0.224 e. The lowest BCUT2D eigenvalue weighted by Gasteiger charge is -2.13. The van der Waals surface area contributed by atoms with Crippen LogP contribution in [-0.4, -0.2) is 22.1 Å². The largest absolute Gasteiger partial charge is 0.426 e. The lowest BCUT2D eigenvalue weighted by molar-refractivity contribution is -0.121. The van der Waals surface area contributed by atoms with Gasteiger partial charge >= 0.3 is 0 Å². The van der Waals surface area contributed by atoms with Gasteiger partial charge in [0.15, 0.2) is 0 Å². The van der Waals surface area contributed by atoms with E-state index in [1.165, 1.54) is 0 Å². The molecule has 2 atom stereocenters. The predicted octanol–water partition coefficient (Wildman–Crippen LogP) is 3.10. The fraction of sp³-hybridized carbons (Fsp3) is 0.471. The van der Waals surface area contributed by atoms with E-state index in [2.05, 4.69) is 15.5 Å². The van der Waals surface area contributed by atoms with Gasteiger partial charge in [0, 0.05) is 24.4 Å². The summed E-state index contributed by atoms with van der Waals surface area (Å²) in [5.74, 6) is 1.80. The van der Waals surface area contributed by atoms with Crippen LogP contribution in [0, 0.1) is 12.8 Å². The minimum absolute atomic E-state index is 0.0254. The molecule has 1 aromatic heterocycles. The topological polar surface area (TPSA) is 68.0 Å². The van der Waals surface area contributed by atoms with Gasteiger partial charge in [-0.15, -0.1) is 10.2 Å². The van der Waals surface area contributed by atoms with Crippen LogP contribution < -0.4 is 5.32 Å². The second-order valence-corrected chi connectivity index (χ2v) is 6.54. The number of benzene rings is 1. The zero-order valence-electron chi connectivity index (χ0n) is 13.1. The van der Waals surface area contributed by atoms with Crippen molar-refractivity contribution in [1.29, 1.82) is 0 Å². The first kappa shape index (κ1) is 16.0. The van der Waals surface area contributed by atoms with E-state index in [0.717, 1.165) is 31.2 Å². The first-order valence-electron chi connectivity index (χ1n) is 7.92. The number of nitrogens with zero attached hydrogens (tertiary/aromatic N) is 2. The van der Waals surface area contributed by atoms with Crippen LogP contribution in [0.1, 0.15) is 36.6 Å². The summed E-state index contributed by atoms with van der Waals surface area (Å²) in [6.45, 7) is 1.79. The van der Waals surface area contributed by atoms with Crippen molar-refractivity contribution in [2.75, 3.05) is 0 Å². The van der Waals surface area contributed by atoms with Crippen molar-refractivity contribution in [1.82, 2.24) is 15.5 Å². The molecule has 122 valence electrons. The Morgan fingerprint density at radius 1 is 1.35 bits per heavy atom. The molecule has 2 aromatic rings. The maximum absolute atomic E-state index is 12.2. The Morgan fingerprint density at radius 2 is 2.17 bits per heavy atom. The normalized spacial score (nSPS) is 20.6. The van der Waals surface area contributed by atoms with Crippen LogP contribution in [0.15, 0.2) is 28.7 Å². The molecule has 1 aliphatic rings. The van der Waals surface area contributed by atoms with Crippen molar-refractivity contribution in [3.05, 3.63) is 46.6 Å². The number of halogens is 1. The zero-order valence-corrected chi connectivity index (χ0v) is 13.8. The van der Waals surface area contributed by atoms with Crippen molar-refractivity contribution >= 4 is 17.5 Å². The molecule has 0 radical (unpaired) electrons. The highest BCUT2D eigenvalue weighted by atomic mass is 35.5. The quantitative estimate of drug-likeness (QED) is 0.913. The van der Waals surface area contributed by atoms with E-state index < -0.39 is 0 Å². The monoisotopic (exact) mass is 333 g/mol. The van der Waals surface area contributed by atoms with Gasteiger partial charge in [-0.25, -0.2) is 0 Å². The number of amides is 1. The maximum Gasteiger partial charge on any atom is 0.224 e. The molecule has 1 heterocycles. The second kappa shape index (κ2) is 7.13. The van der Waals surface area contributed by atoms with E-state index in [1.807, 2.05) is 24.3 Å². The highest BCUT2D eigenvalue weighted by molar-refractivity contribution is 6.31. The molecule has 0 saturated heterocycles. The number of carbonyl (C=O) groups excluding carboxylic acids is 1. The SMILES string of the molecule is Cc1nnc(C[C@@H]2CC[C@H](NC(=O)Cc3ccccc3Cl)C2)o1. The van der Waals surface area contributed by atoms with Crippen LogP contribution in [0.5, 0.6) is 0 Å². The van der Waals surface area contributed by atoms with Crippen LogP contribution in [0.3, 0.4) is 0 Å². The average Bonchev–Trinajstić information content (AvgIpc) is 3.11. The number of hydrogen-bond donors (Lipinski definition) is 1. The summed E-state index contributed by atoms with van der Waals surface area (Å²) in [6.07, 6.45) is 4.13. The molecule has 0 bridgehead atoms. The highest BCUT2D eigenvalue weighted by Crippen LogP contribution is 2.28. The van der Waals surface area contributed by atoms with Crippen LogP contribution in [0.25, 0.3) is 0 Å². The number of hydrogen-bond acceptors (Lipinski definition) is 4. The molecule has 5 nitrogen and oxygen atoms in total. The van der Waals surface area contributed by atoms with Crippen LogP contribution in [0.4, 0.5) is 0 Å². The van der Waals surface area contributed by atoms with Gasteiger partial charge in [0.1, 0.15) is 0 Å². The van der Waals surface area contributed by atoms with Gasteiger partial charge in [0.25, 0.3) is 0 Å². The Labute approximate surface area is 140 Å². The molecule has 1 aliphatic carbocycles. The number of aromatic nitrogens is 2. The summed E-state index contributed by atoms with van der Waals surface area (Å²) in [5.41, 5.74) is 0.863. The summed E-state index contributed by atoms with van der Waals surface area (Å²) < 4.78 is 5.43. The summed E-state index contributed by atoms with van der Waals surface area (Å²) in [6, 6.07) is 7.68. The third-order valence-electron chi connectivity index (χ3n) is 4.25. The van der Waals surface area contributed by atoms with E-state index in [9.17, 15) is 4.79 Å². The molecule has 1 N–H and O–H groups in total. The number of nitrogens with one attached hydrogen (secondary N) is 1. The number of rotatable bonds is 5. The summed E-state index contributed by atoms with van der Waals surface area (Å²) in [7, 11) is 0. The molecule has 1 saturated carbocycles. The lowest BCUT2D eigenvalue weighted by atomic mass is 10.0. The van der Waals surface area contributed by atoms with Crippen molar-refractivity contribution in [2.45, 2.75) is 45.1 Å². The summed E-state index contributed by atoms with van der Waals surface area (Å²) >= 11 is 6.10. The second-order valence-electron chi connectivity index (χ2n) is 6.13. The first-order chi connectivity index (χ1) is 11.1. The Hall–Kier alpha value is -1.88. The molecule has 3 rings (SSSR count). The molecule has 6 heteroatoms. The Kier molecular flexibility index (Phi) is 4.96. The third kappa shape index (κ3) is 4.32. The molecule has 0 spiro atoms. The third-order valence-corrected chi connectivity index (χ3v) is 4.62. The molecule has 1 aromatic carbocycles. The van der Waals surface area contributed by atoms with Crippen molar-refractivity contribution in [3.8, 4) is 0 Å². The molecule has 1 amide bonds. The van der Waals surface area contributed by atoms with Crippen LogP contribution >= 0.6 is 11.6 Å². The van der Waals surface area contributed by atoms with E-state index in [0.29, 0.717) is 29.1 Å². The van der Waals surface area contributed by atoms with Gasteiger partial charge < -0.3 is 9.73 Å². The van der Waals surface area contributed by atoms with Gasteiger partial charge in [-0.1, -0.05) is 29.8 Å². The van der Waals surface area contributed by atoms with Crippen molar-refractivity contribution < 1.29 is 9.21 Å². The van der Waals surface area contributed by atoms with Crippen LogP contribution in [0.2, 0.25) is 5.02 Å². The van der Waals surface area contributed by atoms with Gasteiger partial charge in [0.2, 0.25) is 17.7 Å². The molecule has 1 fully saturated rings. The maximum atomic E-state index is 12.2. The van der Waals surface area contributed by atoms with E-state index in [1.54, 1.807) is 6.92 Å². The molecular formula is C17H20ClN3O2. The minimum Gasteiger partial charge on any atom is -0.426 e. The van der Waals surface area contributed by atoms with E-state index in [-0.39, 0.29) is 11.9 Å². The molecule has 23 heavy (non-hydrogen) atoms. The van der Waals surface area contributed by atoms with Gasteiger partial charge in [-0.2, -0.15) is 0 Å². The van der Waals surface area contributed by atoms with Gasteiger partial charge in [-0.3, -0.25) is 4.79 Å². The molecule has 0 unspecified atom stereocenters. The van der Waals surface area contributed by atoms with Crippen LogP contribution in [-0.2, 0) is 17.6 Å². The summed E-state index contributed by atoms with van der Waals surface area (Å²) in [5, 5.41) is 11.6. The lowest BCUT2D eigenvalue weighted by Crippen LogP contribution is -2.34. The molecular weight excluding hydrogens is 314 g/mol. The zero-order chi connectivity index (χ0) is 16.2.